The fourth-order valence-electron chi connectivity index (χ4n) is 3.83. The van der Waals surface area contributed by atoms with Crippen LogP contribution >= 0.6 is 0 Å². The highest BCUT2D eigenvalue weighted by Crippen LogP contribution is 2.35. The second-order valence-electron chi connectivity index (χ2n) is 9.32. The van der Waals surface area contributed by atoms with Gasteiger partial charge in [0.1, 0.15) is 17.5 Å². The summed E-state index contributed by atoms with van der Waals surface area (Å²) in [5, 5.41) is 10.7. The van der Waals surface area contributed by atoms with Gasteiger partial charge in [-0.05, 0) is 69.4 Å². The Balaban J connectivity index is 1.70. The van der Waals surface area contributed by atoms with Crippen LogP contribution in [0.5, 0.6) is 5.75 Å². The van der Waals surface area contributed by atoms with E-state index >= 15 is 0 Å². The molecule has 3 rings (SSSR count). The third-order valence-electron chi connectivity index (χ3n) is 5.52. The maximum atomic E-state index is 12.9. The lowest BCUT2D eigenvalue weighted by Gasteiger charge is -2.38. The molecule has 1 aliphatic rings. The molecule has 0 bridgehead atoms. The molecular weight excluding hydrogens is 435 g/mol. The van der Waals surface area contributed by atoms with Gasteiger partial charge < -0.3 is 19.5 Å². The molecule has 180 valence electrons. The van der Waals surface area contributed by atoms with Crippen molar-refractivity contribution in [3.05, 3.63) is 65.7 Å². The number of aliphatic hydroxyl groups is 1. The Morgan fingerprint density at radius 3 is 2.27 bits per heavy atom. The molecule has 1 fully saturated rings. The monoisotopic (exact) mass is 465 g/mol. The Morgan fingerprint density at radius 2 is 1.73 bits per heavy atom. The molecule has 0 aliphatic carbocycles. The molecule has 3 atom stereocenters. The number of alkyl halides is 3. The van der Waals surface area contributed by atoms with Gasteiger partial charge in [-0.15, -0.1) is 0 Å². The van der Waals surface area contributed by atoms with Crippen molar-refractivity contribution in [2.24, 2.45) is 5.92 Å². The molecule has 1 saturated heterocycles. The van der Waals surface area contributed by atoms with Crippen LogP contribution in [0.15, 0.2) is 54.6 Å². The zero-order valence-corrected chi connectivity index (χ0v) is 19.0. The largest absolute Gasteiger partial charge is 0.486 e. The van der Waals surface area contributed by atoms with Crippen molar-refractivity contribution in [1.29, 1.82) is 0 Å². The van der Waals surface area contributed by atoms with Gasteiger partial charge in [-0.3, -0.25) is 0 Å². The van der Waals surface area contributed by atoms with Crippen molar-refractivity contribution < 1.29 is 32.5 Å². The highest BCUT2D eigenvalue weighted by Gasteiger charge is 2.35. The third-order valence-corrected chi connectivity index (χ3v) is 5.52. The number of piperidine rings is 1. The number of hydrogen-bond donors (Lipinski definition) is 1. The van der Waals surface area contributed by atoms with E-state index in [-0.39, 0.29) is 12.5 Å². The lowest BCUT2D eigenvalue weighted by Crippen LogP contribution is -2.48. The van der Waals surface area contributed by atoms with Crippen molar-refractivity contribution in [1.82, 2.24) is 4.90 Å². The van der Waals surface area contributed by atoms with Gasteiger partial charge in [-0.1, -0.05) is 30.3 Å². The van der Waals surface area contributed by atoms with Gasteiger partial charge in [-0.25, -0.2) is 4.79 Å². The van der Waals surface area contributed by atoms with E-state index in [0.29, 0.717) is 25.1 Å². The zero-order chi connectivity index (χ0) is 24.2. The van der Waals surface area contributed by atoms with E-state index in [2.05, 4.69) is 0 Å². The zero-order valence-electron chi connectivity index (χ0n) is 19.0. The van der Waals surface area contributed by atoms with Gasteiger partial charge in [0.2, 0.25) is 0 Å². The van der Waals surface area contributed by atoms with Crippen molar-refractivity contribution in [3.63, 3.8) is 0 Å². The van der Waals surface area contributed by atoms with Gasteiger partial charge in [0.25, 0.3) is 0 Å². The first kappa shape index (κ1) is 24.9. The normalized spacial score (nSPS) is 20.3. The van der Waals surface area contributed by atoms with E-state index in [9.17, 15) is 23.1 Å². The first-order valence-corrected chi connectivity index (χ1v) is 11.0. The molecule has 0 radical (unpaired) electrons. The minimum atomic E-state index is -4.41. The summed E-state index contributed by atoms with van der Waals surface area (Å²) in [7, 11) is 0. The molecule has 0 aromatic heterocycles. The molecule has 0 spiro atoms. The van der Waals surface area contributed by atoms with Crippen LogP contribution in [0, 0.1) is 5.92 Å². The molecule has 0 unspecified atom stereocenters. The number of amides is 1. The minimum Gasteiger partial charge on any atom is -0.486 e. The summed E-state index contributed by atoms with van der Waals surface area (Å²) in [5.74, 6) is 0.167. The van der Waals surface area contributed by atoms with Crippen LogP contribution in [0.3, 0.4) is 0 Å². The maximum absolute atomic E-state index is 12.9. The topological polar surface area (TPSA) is 59.0 Å². The molecule has 33 heavy (non-hydrogen) atoms. The summed E-state index contributed by atoms with van der Waals surface area (Å²) in [6, 6.07) is 14.0. The van der Waals surface area contributed by atoms with Crippen LogP contribution in [0.2, 0.25) is 0 Å². The first-order valence-electron chi connectivity index (χ1n) is 11.0. The van der Waals surface area contributed by atoms with Gasteiger partial charge in [0.15, 0.2) is 0 Å². The van der Waals surface area contributed by atoms with E-state index in [4.69, 9.17) is 9.47 Å². The predicted octanol–water partition coefficient (Wildman–Crippen LogP) is 5.83. The number of carbonyl (C=O) groups is 1. The number of hydrogen-bond acceptors (Lipinski definition) is 4. The van der Waals surface area contributed by atoms with Crippen molar-refractivity contribution in [2.75, 3.05) is 13.1 Å². The summed E-state index contributed by atoms with van der Waals surface area (Å²) in [6.07, 6.45) is -5.09. The van der Waals surface area contributed by atoms with Crippen molar-refractivity contribution in [2.45, 2.75) is 57.6 Å². The van der Waals surface area contributed by atoms with Gasteiger partial charge in [0.05, 0.1) is 18.2 Å². The summed E-state index contributed by atoms with van der Waals surface area (Å²) >= 11 is 0. The molecular formula is C25H30F3NO4. The Kier molecular flexibility index (Phi) is 7.57. The molecule has 1 N–H and O–H groups in total. The number of ether oxygens (including phenoxy) is 2. The summed E-state index contributed by atoms with van der Waals surface area (Å²) in [4.78, 5) is 13.8. The van der Waals surface area contributed by atoms with Crippen LogP contribution < -0.4 is 4.74 Å². The van der Waals surface area contributed by atoms with E-state index in [1.54, 1.807) is 20.8 Å². The number of likely N-dealkylation sites (tertiary alicyclic amines) is 1. The third kappa shape index (κ3) is 7.12. The van der Waals surface area contributed by atoms with Crippen LogP contribution in [-0.2, 0) is 10.9 Å². The smallest absolute Gasteiger partial charge is 0.416 e. The predicted molar refractivity (Wildman–Crippen MR) is 118 cm³/mol. The quantitative estimate of drug-likeness (QED) is 0.603. The number of carbonyl (C=O) groups excluding carboxylic acids is 1. The maximum Gasteiger partial charge on any atom is 0.416 e. The van der Waals surface area contributed by atoms with Crippen LogP contribution in [0.4, 0.5) is 18.0 Å². The molecule has 1 aliphatic heterocycles. The molecule has 1 heterocycles. The lowest BCUT2D eigenvalue weighted by atomic mass is 9.87. The number of aliphatic hydroxyl groups excluding tert-OH is 1. The van der Waals surface area contributed by atoms with Gasteiger partial charge in [-0.2, -0.15) is 13.2 Å². The number of halogens is 3. The average molecular weight is 466 g/mol. The molecule has 5 nitrogen and oxygen atoms in total. The molecule has 1 amide bonds. The number of β-amino-alcohol motifs (C(OH)–C–C–N with tert-alkyl or cyclic N) is 1. The fraction of sp³-hybridized carbons (Fsp3) is 0.480. The molecule has 8 heteroatoms. The van der Waals surface area contributed by atoms with Crippen LogP contribution in [-0.4, -0.2) is 40.9 Å². The van der Waals surface area contributed by atoms with Crippen molar-refractivity contribution in [3.8, 4) is 5.75 Å². The van der Waals surface area contributed by atoms with E-state index in [1.165, 1.54) is 17.0 Å². The average Bonchev–Trinajstić information content (AvgIpc) is 2.73. The molecule has 0 saturated carbocycles. The SMILES string of the molecule is CC(C)(C)OC(=O)N1CC[C@@H](C[C@@H](Oc2ccc(C(F)(F)F)cc2)c2ccccc2)[C@@H](O)C1. The highest BCUT2D eigenvalue weighted by atomic mass is 19.4. The summed E-state index contributed by atoms with van der Waals surface area (Å²) in [5.41, 5.74) is -0.498. The summed E-state index contributed by atoms with van der Waals surface area (Å²) < 4.78 is 50.1. The second kappa shape index (κ2) is 10.0. The fourth-order valence-corrected chi connectivity index (χ4v) is 3.83. The lowest BCUT2D eigenvalue weighted by molar-refractivity contribution is -0.137. The number of rotatable bonds is 5. The van der Waals surface area contributed by atoms with Gasteiger partial charge >= 0.3 is 12.3 Å². The highest BCUT2D eigenvalue weighted by molar-refractivity contribution is 5.68. The number of benzene rings is 2. The minimum absolute atomic E-state index is 0.150. The van der Waals surface area contributed by atoms with E-state index in [1.807, 2.05) is 30.3 Å². The van der Waals surface area contributed by atoms with Gasteiger partial charge in [0, 0.05) is 6.54 Å². The van der Waals surface area contributed by atoms with Crippen LogP contribution in [0.1, 0.15) is 50.8 Å². The Hall–Kier alpha value is -2.74. The van der Waals surface area contributed by atoms with Crippen LogP contribution in [0.25, 0.3) is 0 Å². The Labute approximate surface area is 192 Å². The number of nitrogens with zero attached hydrogens (tertiary/aromatic N) is 1. The Bertz CT molecular complexity index is 910. The second-order valence-corrected chi connectivity index (χ2v) is 9.32. The molecule has 2 aromatic carbocycles. The van der Waals surface area contributed by atoms with E-state index in [0.717, 1.165) is 17.7 Å². The van der Waals surface area contributed by atoms with E-state index < -0.39 is 35.6 Å². The summed E-state index contributed by atoms with van der Waals surface area (Å²) in [6.45, 7) is 5.96. The molecule has 2 aromatic rings. The Morgan fingerprint density at radius 1 is 1.09 bits per heavy atom. The standard InChI is InChI=1S/C25H30F3NO4/c1-24(2,3)33-23(31)29-14-13-18(21(30)16-29)15-22(17-7-5-4-6-8-17)32-20-11-9-19(10-12-20)25(26,27)28/h4-12,18,21-22,30H,13-16H2,1-3H3/t18-,21-,22+/m0/s1. The van der Waals surface area contributed by atoms with Crippen molar-refractivity contribution >= 4 is 6.09 Å². The first-order chi connectivity index (χ1) is 15.4.